The van der Waals surface area contributed by atoms with Crippen molar-refractivity contribution in [2.24, 2.45) is 0 Å². The zero-order chi connectivity index (χ0) is 20.1. The second-order valence-corrected chi connectivity index (χ2v) is 7.13. The standard InChI is InChI=1S/C21H25ClN2O4/c1-14(2)28-18-8-7-15(13-19(18)26-3)21(25)23-17-6-4-5-16(22)20(17)24-9-11-27-12-10-24/h4-8,13-14H,9-12H2,1-3H3,(H,23,25). The van der Waals surface area contributed by atoms with E-state index in [2.05, 4.69) is 10.2 Å². The van der Waals surface area contributed by atoms with Gasteiger partial charge in [0.2, 0.25) is 0 Å². The number of anilines is 2. The molecule has 1 fully saturated rings. The van der Waals surface area contributed by atoms with Crippen LogP contribution in [0.5, 0.6) is 11.5 Å². The number of methoxy groups -OCH3 is 1. The molecule has 0 saturated carbocycles. The number of rotatable bonds is 6. The third kappa shape index (κ3) is 4.69. The van der Waals surface area contributed by atoms with Crippen molar-refractivity contribution >= 4 is 28.9 Å². The van der Waals surface area contributed by atoms with Gasteiger partial charge in [0.1, 0.15) is 0 Å². The Hall–Kier alpha value is -2.44. The first kappa shape index (κ1) is 20.3. The van der Waals surface area contributed by atoms with Crippen molar-refractivity contribution in [1.29, 1.82) is 0 Å². The number of benzene rings is 2. The first-order valence-corrected chi connectivity index (χ1v) is 9.64. The molecule has 0 aliphatic carbocycles. The van der Waals surface area contributed by atoms with Crippen molar-refractivity contribution in [3.63, 3.8) is 0 Å². The molecule has 6 nitrogen and oxygen atoms in total. The molecule has 0 spiro atoms. The van der Waals surface area contributed by atoms with Gasteiger partial charge in [0.25, 0.3) is 5.91 Å². The Morgan fingerprint density at radius 2 is 1.93 bits per heavy atom. The van der Waals surface area contributed by atoms with E-state index < -0.39 is 0 Å². The van der Waals surface area contributed by atoms with E-state index in [4.69, 9.17) is 25.8 Å². The largest absolute Gasteiger partial charge is 0.493 e. The van der Waals surface area contributed by atoms with E-state index in [1.54, 1.807) is 25.3 Å². The topological polar surface area (TPSA) is 60.0 Å². The Kier molecular flexibility index (Phi) is 6.65. The highest BCUT2D eigenvalue weighted by Crippen LogP contribution is 2.35. The maximum absolute atomic E-state index is 12.9. The molecule has 2 aromatic rings. The number of hydrogen-bond acceptors (Lipinski definition) is 5. The Bertz CT molecular complexity index is 835. The summed E-state index contributed by atoms with van der Waals surface area (Å²) in [7, 11) is 1.55. The van der Waals surface area contributed by atoms with Crippen LogP contribution in [0.25, 0.3) is 0 Å². The van der Waals surface area contributed by atoms with Crippen LogP contribution in [0, 0.1) is 0 Å². The molecule has 2 aromatic carbocycles. The molecule has 1 amide bonds. The van der Waals surface area contributed by atoms with E-state index in [-0.39, 0.29) is 12.0 Å². The van der Waals surface area contributed by atoms with Gasteiger partial charge in [-0.3, -0.25) is 4.79 Å². The number of para-hydroxylation sites is 1. The van der Waals surface area contributed by atoms with Gasteiger partial charge in [-0.05, 0) is 44.2 Å². The fourth-order valence-electron chi connectivity index (χ4n) is 3.08. The van der Waals surface area contributed by atoms with Crippen molar-refractivity contribution in [2.45, 2.75) is 20.0 Å². The number of halogens is 1. The number of ether oxygens (including phenoxy) is 3. The van der Waals surface area contributed by atoms with E-state index in [1.807, 2.05) is 32.0 Å². The molecular formula is C21H25ClN2O4. The van der Waals surface area contributed by atoms with Gasteiger partial charge in [-0.25, -0.2) is 0 Å². The van der Waals surface area contributed by atoms with Crippen molar-refractivity contribution in [3.8, 4) is 11.5 Å². The predicted octanol–water partition coefficient (Wildman–Crippen LogP) is 4.22. The molecular weight excluding hydrogens is 380 g/mol. The number of hydrogen-bond donors (Lipinski definition) is 1. The fraction of sp³-hybridized carbons (Fsp3) is 0.381. The van der Waals surface area contributed by atoms with Crippen molar-refractivity contribution in [1.82, 2.24) is 0 Å². The maximum atomic E-state index is 12.9. The SMILES string of the molecule is COc1cc(C(=O)Nc2cccc(Cl)c2N2CCOCC2)ccc1OC(C)C. The van der Waals surface area contributed by atoms with Gasteiger partial charge in [0.05, 0.1) is 42.8 Å². The third-order valence-electron chi connectivity index (χ3n) is 4.35. The fourth-order valence-corrected chi connectivity index (χ4v) is 3.37. The van der Waals surface area contributed by atoms with Gasteiger partial charge in [-0.1, -0.05) is 17.7 Å². The molecule has 0 atom stereocenters. The first-order valence-electron chi connectivity index (χ1n) is 9.27. The van der Waals surface area contributed by atoms with Gasteiger partial charge in [-0.15, -0.1) is 0 Å². The summed E-state index contributed by atoms with van der Waals surface area (Å²) in [6, 6.07) is 10.6. The molecule has 150 valence electrons. The van der Waals surface area contributed by atoms with Gasteiger partial charge in [0, 0.05) is 18.7 Å². The van der Waals surface area contributed by atoms with Crippen molar-refractivity contribution < 1.29 is 19.0 Å². The molecule has 1 aliphatic heterocycles. The van der Waals surface area contributed by atoms with Crippen LogP contribution in [-0.2, 0) is 4.74 Å². The van der Waals surface area contributed by atoms with Crippen LogP contribution in [-0.4, -0.2) is 45.4 Å². The normalized spacial score (nSPS) is 14.1. The minimum atomic E-state index is -0.244. The molecule has 0 radical (unpaired) electrons. The number of carbonyl (C=O) groups excluding carboxylic acids is 1. The van der Waals surface area contributed by atoms with E-state index in [9.17, 15) is 4.79 Å². The Labute approximate surface area is 170 Å². The first-order chi connectivity index (χ1) is 13.5. The van der Waals surface area contributed by atoms with Crippen LogP contribution in [0.4, 0.5) is 11.4 Å². The minimum absolute atomic E-state index is 0.0103. The third-order valence-corrected chi connectivity index (χ3v) is 4.66. The van der Waals surface area contributed by atoms with Gasteiger partial charge < -0.3 is 24.4 Å². The maximum Gasteiger partial charge on any atom is 0.255 e. The average molecular weight is 405 g/mol. The average Bonchev–Trinajstić information content (AvgIpc) is 2.68. The summed E-state index contributed by atoms with van der Waals surface area (Å²) in [6.45, 7) is 6.59. The summed E-state index contributed by atoms with van der Waals surface area (Å²) < 4.78 is 16.5. The molecule has 3 rings (SSSR count). The van der Waals surface area contributed by atoms with Crippen LogP contribution in [0.1, 0.15) is 24.2 Å². The van der Waals surface area contributed by atoms with E-state index in [1.165, 1.54) is 0 Å². The number of nitrogens with zero attached hydrogens (tertiary/aromatic N) is 1. The molecule has 0 aromatic heterocycles. The summed E-state index contributed by atoms with van der Waals surface area (Å²) in [5, 5.41) is 3.57. The molecule has 1 N–H and O–H groups in total. The Balaban J connectivity index is 1.84. The summed E-state index contributed by atoms with van der Waals surface area (Å²) in [6.07, 6.45) is 0.0103. The van der Waals surface area contributed by atoms with E-state index in [0.29, 0.717) is 41.0 Å². The highest BCUT2D eigenvalue weighted by Gasteiger charge is 2.20. The van der Waals surface area contributed by atoms with Crippen LogP contribution in [0.3, 0.4) is 0 Å². The lowest BCUT2D eigenvalue weighted by atomic mass is 10.1. The summed E-state index contributed by atoms with van der Waals surface area (Å²) in [4.78, 5) is 15.0. The van der Waals surface area contributed by atoms with E-state index >= 15 is 0 Å². The van der Waals surface area contributed by atoms with Crippen molar-refractivity contribution in [2.75, 3.05) is 43.6 Å². The van der Waals surface area contributed by atoms with Crippen molar-refractivity contribution in [3.05, 3.63) is 47.0 Å². The van der Waals surface area contributed by atoms with Gasteiger partial charge in [0.15, 0.2) is 11.5 Å². The van der Waals surface area contributed by atoms with Crippen LogP contribution >= 0.6 is 11.6 Å². The number of morpholine rings is 1. The number of carbonyl (C=O) groups is 1. The van der Waals surface area contributed by atoms with Crippen LogP contribution < -0.4 is 19.7 Å². The highest BCUT2D eigenvalue weighted by molar-refractivity contribution is 6.34. The predicted molar refractivity (Wildman–Crippen MR) is 111 cm³/mol. The molecule has 7 heteroatoms. The summed E-state index contributed by atoms with van der Waals surface area (Å²) in [5.74, 6) is 0.873. The molecule has 1 heterocycles. The second-order valence-electron chi connectivity index (χ2n) is 6.72. The zero-order valence-electron chi connectivity index (χ0n) is 16.3. The quantitative estimate of drug-likeness (QED) is 0.780. The molecule has 1 saturated heterocycles. The smallest absolute Gasteiger partial charge is 0.255 e. The number of nitrogens with one attached hydrogen (secondary N) is 1. The summed E-state index contributed by atoms with van der Waals surface area (Å²) >= 11 is 6.44. The zero-order valence-corrected chi connectivity index (χ0v) is 17.1. The highest BCUT2D eigenvalue weighted by atomic mass is 35.5. The van der Waals surface area contributed by atoms with Gasteiger partial charge >= 0.3 is 0 Å². The molecule has 0 bridgehead atoms. The Morgan fingerprint density at radius 3 is 2.61 bits per heavy atom. The number of amides is 1. The molecule has 28 heavy (non-hydrogen) atoms. The van der Waals surface area contributed by atoms with E-state index in [0.717, 1.165) is 18.8 Å². The molecule has 0 unspecified atom stereocenters. The van der Waals surface area contributed by atoms with Crippen LogP contribution in [0.15, 0.2) is 36.4 Å². The second kappa shape index (κ2) is 9.17. The molecule has 1 aliphatic rings. The lowest BCUT2D eigenvalue weighted by Crippen LogP contribution is -2.37. The monoisotopic (exact) mass is 404 g/mol. The van der Waals surface area contributed by atoms with Gasteiger partial charge in [-0.2, -0.15) is 0 Å². The summed E-state index contributed by atoms with van der Waals surface area (Å²) in [5.41, 5.74) is 1.95. The Morgan fingerprint density at radius 1 is 1.18 bits per heavy atom. The van der Waals surface area contributed by atoms with Crippen LogP contribution in [0.2, 0.25) is 5.02 Å². The lowest BCUT2D eigenvalue weighted by Gasteiger charge is -2.31. The lowest BCUT2D eigenvalue weighted by molar-refractivity contribution is 0.102. The minimum Gasteiger partial charge on any atom is -0.493 e.